The van der Waals surface area contributed by atoms with Crippen LogP contribution in [0.3, 0.4) is 0 Å². The topological polar surface area (TPSA) is 65.1 Å². The van der Waals surface area contributed by atoms with Crippen molar-refractivity contribution in [2.45, 2.75) is 39.5 Å². The molecule has 1 amide bonds. The Morgan fingerprint density at radius 3 is 2.64 bits per heavy atom. The summed E-state index contributed by atoms with van der Waals surface area (Å²) < 4.78 is 16.4. The summed E-state index contributed by atoms with van der Waals surface area (Å²) >= 11 is 0. The number of aryl methyl sites for hydroxylation is 1. The van der Waals surface area contributed by atoms with Gasteiger partial charge in [-0.15, -0.1) is 0 Å². The molecule has 152 valence electrons. The summed E-state index contributed by atoms with van der Waals surface area (Å²) in [4.78, 5) is 27.7. The van der Waals surface area contributed by atoms with E-state index in [1.54, 1.807) is 11.8 Å². The maximum atomic E-state index is 13.0. The van der Waals surface area contributed by atoms with Crippen molar-refractivity contribution in [3.63, 3.8) is 0 Å². The first kappa shape index (κ1) is 20.2. The number of rotatable bonds is 6. The molecule has 1 fully saturated rings. The van der Waals surface area contributed by atoms with Gasteiger partial charge in [-0.25, -0.2) is 0 Å². The lowest BCUT2D eigenvalue weighted by Crippen LogP contribution is -2.51. The average molecular weight is 387 g/mol. The van der Waals surface area contributed by atoms with Gasteiger partial charge >= 0.3 is 5.97 Å². The van der Waals surface area contributed by atoms with E-state index in [0.717, 1.165) is 19.3 Å². The number of amides is 1. The van der Waals surface area contributed by atoms with Gasteiger partial charge < -0.3 is 19.1 Å². The van der Waals surface area contributed by atoms with E-state index in [1.807, 2.05) is 25.1 Å². The van der Waals surface area contributed by atoms with Crippen molar-refractivity contribution >= 4 is 11.9 Å². The number of allylic oxidation sites excluding steroid dienone is 1. The molecule has 0 N–H and O–H groups in total. The molecule has 1 unspecified atom stereocenters. The molecular weight excluding hydrogens is 358 g/mol. The van der Waals surface area contributed by atoms with Crippen molar-refractivity contribution in [1.82, 2.24) is 4.90 Å². The Balaban J connectivity index is 1.78. The second-order valence-electron chi connectivity index (χ2n) is 7.40. The van der Waals surface area contributed by atoms with E-state index in [4.69, 9.17) is 14.2 Å². The summed E-state index contributed by atoms with van der Waals surface area (Å²) in [6.07, 6.45) is 2.89. The van der Waals surface area contributed by atoms with Gasteiger partial charge in [0.1, 0.15) is 19.0 Å². The molecule has 6 nitrogen and oxygen atoms in total. The third-order valence-corrected chi connectivity index (χ3v) is 5.47. The van der Waals surface area contributed by atoms with Crippen LogP contribution in [0.2, 0.25) is 0 Å². The highest BCUT2D eigenvalue weighted by atomic mass is 16.6. The van der Waals surface area contributed by atoms with Crippen LogP contribution in [-0.4, -0.2) is 49.7 Å². The summed E-state index contributed by atoms with van der Waals surface area (Å²) in [6.45, 7) is 5.65. The smallest absolute Gasteiger partial charge is 0.313 e. The molecule has 1 aromatic carbocycles. The predicted octanol–water partition coefficient (Wildman–Crippen LogP) is 3.07. The molecular formula is C22H29NO5. The lowest BCUT2D eigenvalue weighted by atomic mass is 9.75. The quantitative estimate of drug-likeness (QED) is 0.702. The molecule has 2 aliphatic heterocycles. The third kappa shape index (κ3) is 4.49. The van der Waals surface area contributed by atoms with E-state index in [-0.39, 0.29) is 17.6 Å². The zero-order valence-electron chi connectivity index (χ0n) is 16.7. The van der Waals surface area contributed by atoms with E-state index in [1.165, 1.54) is 5.56 Å². The van der Waals surface area contributed by atoms with Crippen molar-refractivity contribution in [1.29, 1.82) is 0 Å². The number of ether oxygens (including phenoxy) is 3. The first-order chi connectivity index (χ1) is 13.6. The van der Waals surface area contributed by atoms with Crippen LogP contribution in [-0.2, 0) is 30.2 Å². The van der Waals surface area contributed by atoms with Gasteiger partial charge in [0, 0.05) is 13.1 Å². The molecule has 0 aromatic heterocycles. The summed E-state index contributed by atoms with van der Waals surface area (Å²) in [5, 5.41) is 0. The van der Waals surface area contributed by atoms with Gasteiger partial charge in [-0.05, 0) is 45.1 Å². The predicted molar refractivity (Wildman–Crippen MR) is 104 cm³/mol. The summed E-state index contributed by atoms with van der Waals surface area (Å²) in [5.74, 6) is 0.349. The number of likely N-dealkylation sites (tertiary alicyclic amines) is 1. The first-order valence-corrected chi connectivity index (χ1v) is 10.0. The lowest BCUT2D eigenvalue weighted by molar-refractivity contribution is -0.161. The number of piperidine rings is 1. The molecule has 0 radical (unpaired) electrons. The summed E-state index contributed by atoms with van der Waals surface area (Å²) in [6, 6.07) is 10.1. The highest BCUT2D eigenvalue weighted by Crippen LogP contribution is 2.37. The summed E-state index contributed by atoms with van der Waals surface area (Å²) in [7, 11) is 0. The van der Waals surface area contributed by atoms with Crippen LogP contribution in [0, 0.1) is 5.41 Å². The molecule has 1 saturated heterocycles. The lowest BCUT2D eigenvalue weighted by Gasteiger charge is -2.41. The second kappa shape index (κ2) is 9.13. The van der Waals surface area contributed by atoms with E-state index in [2.05, 4.69) is 12.1 Å². The number of carbonyl (C=O) groups is 2. The molecule has 0 saturated carbocycles. The van der Waals surface area contributed by atoms with Crippen molar-refractivity contribution < 1.29 is 23.8 Å². The molecule has 6 heteroatoms. The Kier molecular flexibility index (Phi) is 6.60. The number of esters is 1. The van der Waals surface area contributed by atoms with Gasteiger partial charge in [0.15, 0.2) is 0 Å². The maximum Gasteiger partial charge on any atom is 0.313 e. The van der Waals surface area contributed by atoms with Crippen LogP contribution < -0.4 is 0 Å². The van der Waals surface area contributed by atoms with Gasteiger partial charge in [0.2, 0.25) is 5.76 Å². The van der Waals surface area contributed by atoms with Gasteiger partial charge in [-0.1, -0.05) is 30.3 Å². The van der Waals surface area contributed by atoms with Crippen molar-refractivity contribution in [2.75, 3.05) is 32.9 Å². The van der Waals surface area contributed by atoms with Gasteiger partial charge in [0.25, 0.3) is 5.91 Å². The Bertz CT molecular complexity index is 730. The number of hydrogen-bond donors (Lipinski definition) is 0. The molecule has 1 aromatic rings. The molecule has 3 rings (SSSR count). The second-order valence-corrected chi connectivity index (χ2v) is 7.40. The Morgan fingerprint density at radius 1 is 1.18 bits per heavy atom. The summed E-state index contributed by atoms with van der Waals surface area (Å²) in [5.41, 5.74) is 0.487. The third-order valence-electron chi connectivity index (χ3n) is 5.47. The number of nitrogens with zero attached hydrogens (tertiary/aromatic N) is 1. The van der Waals surface area contributed by atoms with Crippen LogP contribution in [0.1, 0.15) is 38.7 Å². The fourth-order valence-corrected chi connectivity index (χ4v) is 3.95. The van der Waals surface area contributed by atoms with Gasteiger partial charge in [-0.3, -0.25) is 9.59 Å². The molecule has 2 heterocycles. The van der Waals surface area contributed by atoms with E-state index < -0.39 is 5.41 Å². The number of benzene rings is 1. The van der Waals surface area contributed by atoms with Crippen molar-refractivity contribution in [3.05, 3.63) is 47.4 Å². The standard InChI is InChI=1S/C22H29NO5/c1-3-26-21(25)22(12-10-18-8-5-4-6-9-18)11-7-13-23(16-22)20(24)19-17(2)27-14-15-28-19/h4-6,8-9H,3,7,10-16H2,1-2H3. The van der Waals surface area contributed by atoms with E-state index >= 15 is 0 Å². The molecule has 28 heavy (non-hydrogen) atoms. The number of carbonyl (C=O) groups excluding carboxylic acids is 2. The average Bonchev–Trinajstić information content (AvgIpc) is 2.73. The SMILES string of the molecule is CCOC(=O)C1(CCc2ccccc2)CCCN(C(=O)C2=C(C)OCCO2)C1. The minimum Gasteiger partial charge on any atom is -0.491 e. The largest absolute Gasteiger partial charge is 0.491 e. The Hall–Kier alpha value is -2.50. The van der Waals surface area contributed by atoms with Crippen LogP contribution >= 0.6 is 0 Å². The van der Waals surface area contributed by atoms with Crippen LogP contribution in [0.15, 0.2) is 41.9 Å². The zero-order valence-corrected chi connectivity index (χ0v) is 16.7. The monoisotopic (exact) mass is 387 g/mol. The first-order valence-electron chi connectivity index (χ1n) is 10.0. The van der Waals surface area contributed by atoms with Crippen LogP contribution in [0.5, 0.6) is 0 Å². The van der Waals surface area contributed by atoms with Crippen molar-refractivity contribution in [3.8, 4) is 0 Å². The van der Waals surface area contributed by atoms with E-state index in [0.29, 0.717) is 45.1 Å². The minimum absolute atomic E-state index is 0.203. The highest BCUT2D eigenvalue weighted by molar-refractivity contribution is 5.92. The Morgan fingerprint density at radius 2 is 1.93 bits per heavy atom. The maximum absolute atomic E-state index is 13.0. The highest BCUT2D eigenvalue weighted by Gasteiger charge is 2.45. The molecule has 1 atom stereocenters. The zero-order chi connectivity index (χ0) is 20.0. The van der Waals surface area contributed by atoms with Crippen molar-refractivity contribution in [2.24, 2.45) is 5.41 Å². The molecule has 0 bridgehead atoms. The fourth-order valence-electron chi connectivity index (χ4n) is 3.95. The fraction of sp³-hybridized carbons (Fsp3) is 0.545. The molecule has 0 spiro atoms. The Labute approximate surface area is 166 Å². The van der Waals surface area contributed by atoms with Gasteiger partial charge in [0.05, 0.1) is 12.0 Å². The molecule has 0 aliphatic carbocycles. The molecule has 2 aliphatic rings. The van der Waals surface area contributed by atoms with Crippen LogP contribution in [0.4, 0.5) is 0 Å². The van der Waals surface area contributed by atoms with Gasteiger partial charge in [-0.2, -0.15) is 0 Å². The normalized spacial score (nSPS) is 22.3. The number of hydrogen-bond acceptors (Lipinski definition) is 5. The van der Waals surface area contributed by atoms with E-state index in [9.17, 15) is 9.59 Å². The van der Waals surface area contributed by atoms with Crippen LogP contribution in [0.25, 0.3) is 0 Å². The minimum atomic E-state index is -0.691.